The zero-order chi connectivity index (χ0) is 19.3. The Labute approximate surface area is 167 Å². The molecule has 1 aromatic heterocycles. The van der Waals surface area contributed by atoms with Crippen molar-refractivity contribution in [3.05, 3.63) is 60.0 Å². The lowest BCUT2D eigenvalue weighted by Crippen LogP contribution is -2.45. The van der Waals surface area contributed by atoms with E-state index in [1.807, 2.05) is 12.1 Å². The van der Waals surface area contributed by atoms with Crippen molar-refractivity contribution in [1.82, 2.24) is 19.9 Å². The Morgan fingerprint density at radius 1 is 0.821 bits per heavy atom. The van der Waals surface area contributed by atoms with Crippen LogP contribution in [0.4, 0.5) is 0 Å². The maximum Gasteiger partial charge on any atom is 0.223 e. The quantitative estimate of drug-likeness (QED) is 0.644. The van der Waals surface area contributed by atoms with Gasteiger partial charge < -0.3 is 9.42 Å². The summed E-state index contributed by atoms with van der Waals surface area (Å²) in [5, 5.41) is 3.98. The fourth-order valence-corrected chi connectivity index (χ4v) is 3.78. The van der Waals surface area contributed by atoms with Crippen LogP contribution in [-0.2, 0) is 6.54 Å². The summed E-state index contributed by atoms with van der Waals surface area (Å²) in [6.07, 6.45) is 1.25. The Kier molecular flexibility index (Phi) is 5.84. The Hall–Kier alpha value is -2.50. The molecule has 1 saturated heterocycles. The first-order valence-electron chi connectivity index (χ1n) is 10.2. The van der Waals surface area contributed by atoms with Gasteiger partial charge >= 0.3 is 0 Å². The summed E-state index contributed by atoms with van der Waals surface area (Å²) in [6, 6.07) is 17.3. The zero-order valence-corrected chi connectivity index (χ0v) is 16.8. The molecule has 2 aromatic carbocycles. The fraction of sp³-hybridized carbons (Fsp3) is 0.391. The Balaban J connectivity index is 1.37. The van der Waals surface area contributed by atoms with Crippen LogP contribution in [-0.4, -0.2) is 52.7 Å². The minimum atomic E-state index is 0.585. The van der Waals surface area contributed by atoms with Crippen LogP contribution >= 0.6 is 0 Å². The summed E-state index contributed by atoms with van der Waals surface area (Å²) in [4.78, 5) is 9.41. The van der Waals surface area contributed by atoms with Gasteiger partial charge in [-0.25, -0.2) is 0 Å². The van der Waals surface area contributed by atoms with Crippen LogP contribution in [0.5, 0.6) is 0 Å². The Bertz CT molecular complexity index is 878. The van der Waals surface area contributed by atoms with Crippen molar-refractivity contribution in [3.63, 3.8) is 0 Å². The van der Waals surface area contributed by atoms with Crippen molar-refractivity contribution in [1.29, 1.82) is 0 Å². The number of hydrogen-bond donors (Lipinski definition) is 0. The molecular weight excluding hydrogens is 348 g/mol. The van der Waals surface area contributed by atoms with Gasteiger partial charge in [-0.15, -0.1) is 0 Å². The van der Waals surface area contributed by atoms with Gasteiger partial charge in [0.1, 0.15) is 0 Å². The molecule has 1 aliphatic rings. The van der Waals surface area contributed by atoms with Gasteiger partial charge in [-0.05, 0) is 29.7 Å². The second-order valence-electron chi connectivity index (χ2n) is 7.53. The predicted octanol–water partition coefficient (Wildman–Crippen LogP) is 4.24. The summed E-state index contributed by atoms with van der Waals surface area (Å²) in [7, 11) is 0. The van der Waals surface area contributed by atoms with Gasteiger partial charge in [0, 0.05) is 45.2 Å². The first-order chi connectivity index (χ1) is 13.7. The molecule has 0 amide bonds. The van der Waals surface area contributed by atoms with Gasteiger partial charge in [0.15, 0.2) is 0 Å². The van der Waals surface area contributed by atoms with E-state index in [0.717, 1.165) is 12.1 Å². The van der Waals surface area contributed by atoms with Gasteiger partial charge in [0.05, 0.1) is 0 Å². The SMILES string of the molecule is CCCN1CCN(Cc2ccc(-c3ccc(-c4noc(C)n4)cc3)cc2)CC1. The van der Waals surface area contributed by atoms with Gasteiger partial charge in [-0.2, -0.15) is 4.98 Å². The molecule has 0 radical (unpaired) electrons. The second kappa shape index (κ2) is 8.67. The predicted molar refractivity (Wildman–Crippen MR) is 112 cm³/mol. The van der Waals surface area contributed by atoms with Crippen LogP contribution in [0, 0.1) is 6.92 Å². The molecule has 0 N–H and O–H groups in total. The fourth-order valence-electron chi connectivity index (χ4n) is 3.78. The van der Waals surface area contributed by atoms with E-state index in [1.54, 1.807) is 6.92 Å². The van der Waals surface area contributed by atoms with E-state index in [0.29, 0.717) is 11.7 Å². The third-order valence-electron chi connectivity index (χ3n) is 5.37. The number of benzene rings is 2. The highest BCUT2D eigenvalue weighted by Gasteiger charge is 2.16. The van der Waals surface area contributed by atoms with E-state index in [4.69, 9.17) is 4.52 Å². The molecule has 0 saturated carbocycles. The normalized spacial score (nSPS) is 15.8. The molecule has 0 atom stereocenters. The van der Waals surface area contributed by atoms with Crippen molar-refractivity contribution >= 4 is 0 Å². The molecule has 0 spiro atoms. The van der Waals surface area contributed by atoms with E-state index in [2.05, 4.69) is 63.3 Å². The standard InChI is InChI=1S/C23H28N4O/c1-3-12-26-13-15-27(16-14-26)17-19-4-6-20(7-5-19)21-8-10-22(11-9-21)23-24-18(2)28-25-23/h4-11H,3,12-17H2,1-2H3. The number of nitrogens with zero attached hydrogens (tertiary/aromatic N) is 4. The summed E-state index contributed by atoms with van der Waals surface area (Å²) in [5.41, 5.74) is 4.78. The van der Waals surface area contributed by atoms with Crippen LogP contribution in [0.3, 0.4) is 0 Å². The van der Waals surface area contributed by atoms with Crippen molar-refractivity contribution in [2.45, 2.75) is 26.8 Å². The molecular formula is C23H28N4O. The lowest BCUT2D eigenvalue weighted by Gasteiger charge is -2.34. The van der Waals surface area contributed by atoms with Crippen LogP contribution < -0.4 is 0 Å². The third-order valence-corrected chi connectivity index (χ3v) is 5.37. The van der Waals surface area contributed by atoms with Gasteiger partial charge in [0.25, 0.3) is 0 Å². The van der Waals surface area contributed by atoms with Gasteiger partial charge in [-0.3, -0.25) is 4.90 Å². The first-order valence-corrected chi connectivity index (χ1v) is 10.2. The number of hydrogen-bond acceptors (Lipinski definition) is 5. The van der Waals surface area contributed by atoms with E-state index in [-0.39, 0.29) is 0 Å². The van der Waals surface area contributed by atoms with E-state index < -0.39 is 0 Å². The van der Waals surface area contributed by atoms with Crippen LogP contribution in [0.1, 0.15) is 24.8 Å². The number of aryl methyl sites for hydroxylation is 1. The summed E-state index contributed by atoms with van der Waals surface area (Å²) >= 11 is 0. The molecule has 1 aliphatic heterocycles. The first kappa shape index (κ1) is 18.8. The Morgan fingerprint density at radius 3 is 1.96 bits per heavy atom. The highest BCUT2D eigenvalue weighted by Crippen LogP contribution is 2.24. The zero-order valence-electron chi connectivity index (χ0n) is 16.8. The van der Waals surface area contributed by atoms with Crippen molar-refractivity contribution in [2.24, 2.45) is 0 Å². The van der Waals surface area contributed by atoms with Crippen molar-refractivity contribution in [3.8, 4) is 22.5 Å². The molecule has 146 valence electrons. The minimum Gasteiger partial charge on any atom is -0.339 e. The van der Waals surface area contributed by atoms with Crippen molar-refractivity contribution < 1.29 is 4.52 Å². The van der Waals surface area contributed by atoms with E-state index in [9.17, 15) is 0 Å². The third kappa shape index (κ3) is 4.49. The van der Waals surface area contributed by atoms with Crippen LogP contribution in [0.25, 0.3) is 22.5 Å². The minimum absolute atomic E-state index is 0.585. The maximum atomic E-state index is 5.06. The summed E-state index contributed by atoms with van der Waals surface area (Å²) in [6.45, 7) is 11.0. The van der Waals surface area contributed by atoms with Gasteiger partial charge in [-0.1, -0.05) is 60.6 Å². The van der Waals surface area contributed by atoms with Crippen LogP contribution in [0.2, 0.25) is 0 Å². The summed E-state index contributed by atoms with van der Waals surface area (Å²) < 4.78 is 5.06. The maximum absolute atomic E-state index is 5.06. The monoisotopic (exact) mass is 376 g/mol. The summed E-state index contributed by atoms with van der Waals surface area (Å²) in [5.74, 6) is 1.22. The smallest absolute Gasteiger partial charge is 0.223 e. The number of aromatic nitrogens is 2. The van der Waals surface area contributed by atoms with E-state index in [1.165, 1.54) is 55.8 Å². The molecule has 2 heterocycles. The average Bonchev–Trinajstić information content (AvgIpc) is 3.17. The van der Waals surface area contributed by atoms with Gasteiger partial charge in [0.2, 0.25) is 11.7 Å². The highest BCUT2D eigenvalue weighted by atomic mass is 16.5. The lowest BCUT2D eigenvalue weighted by atomic mass is 10.0. The largest absolute Gasteiger partial charge is 0.339 e. The van der Waals surface area contributed by atoms with E-state index >= 15 is 0 Å². The molecule has 3 aromatic rings. The Morgan fingerprint density at radius 2 is 1.39 bits per heavy atom. The molecule has 0 aliphatic carbocycles. The average molecular weight is 377 g/mol. The molecule has 5 heteroatoms. The molecule has 28 heavy (non-hydrogen) atoms. The van der Waals surface area contributed by atoms with Crippen molar-refractivity contribution in [2.75, 3.05) is 32.7 Å². The molecule has 4 rings (SSSR count). The number of rotatable bonds is 6. The molecule has 0 unspecified atom stereocenters. The highest BCUT2D eigenvalue weighted by molar-refractivity contribution is 5.67. The molecule has 5 nitrogen and oxygen atoms in total. The lowest BCUT2D eigenvalue weighted by molar-refractivity contribution is 0.127. The second-order valence-corrected chi connectivity index (χ2v) is 7.53. The topological polar surface area (TPSA) is 45.4 Å². The molecule has 1 fully saturated rings. The number of piperazine rings is 1. The molecule has 0 bridgehead atoms. The van der Waals surface area contributed by atoms with Crippen LogP contribution in [0.15, 0.2) is 53.1 Å².